The molecule has 1 atom stereocenters. The number of methoxy groups -OCH3 is 1. The average Bonchev–Trinajstić information content (AvgIpc) is 2.36. The van der Waals surface area contributed by atoms with Crippen LogP contribution >= 0.6 is 0 Å². The number of rotatable bonds is 7. The Morgan fingerprint density at radius 2 is 2.28 bits per heavy atom. The van der Waals surface area contributed by atoms with Crippen molar-refractivity contribution in [3.05, 3.63) is 24.3 Å². The van der Waals surface area contributed by atoms with Crippen LogP contribution in [0.1, 0.15) is 13.3 Å². The second kappa shape index (κ2) is 7.55. The lowest BCUT2D eigenvalue weighted by atomic mass is 10.2. The van der Waals surface area contributed by atoms with Crippen molar-refractivity contribution in [2.75, 3.05) is 26.1 Å². The standard InChI is InChI=1S/C13H20N2O3/c1-3-11(8-17-2)15-13(16)9-18-12-6-4-5-10(14)7-12/h4-7,11H,3,8-9,14H2,1-2H3,(H,15,16). The Kier molecular flexibility index (Phi) is 6.00. The quantitative estimate of drug-likeness (QED) is 0.715. The van der Waals surface area contributed by atoms with E-state index in [1.807, 2.05) is 6.92 Å². The van der Waals surface area contributed by atoms with Crippen LogP contribution in [0, 0.1) is 0 Å². The molecule has 0 aliphatic heterocycles. The molecule has 0 aromatic heterocycles. The highest BCUT2D eigenvalue weighted by molar-refractivity contribution is 5.77. The number of ether oxygens (including phenoxy) is 2. The average molecular weight is 252 g/mol. The van der Waals surface area contributed by atoms with E-state index in [0.29, 0.717) is 18.0 Å². The van der Waals surface area contributed by atoms with Crippen LogP contribution < -0.4 is 15.8 Å². The lowest BCUT2D eigenvalue weighted by Gasteiger charge is -2.16. The van der Waals surface area contributed by atoms with E-state index >= 15 is 0 Å². The van der Waals surface area contributed by atoms with Gasteiger partial charge >= 0.3 is 0 Å². The minimum atomic E-state index is -0.165. The number of amides is 1. The summed E-state index contributed by atoms with van der Waals surface area (Å²) in [6, 6.07) is 7.00. The second-order valence-corrected chi connectivity index (χ2v) is 3.99. The fourth-order valence-corrected chi connectivity index (χ4v) is 1.49. The van der Waals surface area contributed by atoms with Crippen molar-refractivity contribution in [2.24, 2.45) is 0 Å². The molecule has 0 bridgehead atoms. The van der Waals surface area contributed by atoms with Crippen LogP contribution in [0.4, 0.5) is 5.69 Å². The first-order valence-electron chi connectivity index (χ1n) is 5.92. The first kappa shape index (κ1) is 14.3. The summed E-state index contributed by atoms with van der Waals surface area (Å²) in [5.41, 5.74) is 6.22. The molecule has 1 rings (SSSR count). The van der Waals surface area contributed by atoms with Gasteiger partial charge in [0.2, 0.25) is 0 Å². The largest absolute Gasteiger partial charge is 0.484 e. The van der Waals surface area contributed by atoms with Crippen molar-refractivity contribution in [1.29, 1.82) is 0 Å². The smallest absolute Gasteiger partial charge is 0.258 e. The van der Waals surface area contributed by atoms with Crippen molar-refractivity contribution in [2.45, 2.75) is 19.4 Å². The Hall–Kier alpha value is -1.75. The number of nitrogen functional groups attached to an aromatic ring is 1. The molecule has 0 heterocycles. The molecule has 100 valence electrons. The Balaban J connectivity index is 2.36. The fourth-order valence-electron chi connectivity index (χ4n) is 1.49. The molecular formula is C13H20N2O3. The number of nitrogens with two attached hydrogens (primary N) is 1. The molecule has 18 heavy (non-hydrogen) atoms. The number of anilines is 1. The summed E-state index contributed by atoms with van der Waals surface area (Å²) in [6.45, 7) is 2.47. The van der Waals surface area contributed by atoms with Gasteiger partial charge in [-0.15, -0.1) is 0 Å². The molecule has 0 radical (unpaired) electrons. The minimum Gasteiger partial charge on any atom is -0.484 e. The third kappa shape index (κ3) is 5.05. The Bertz CT molecular complexity index is 382. The molecule has 0 spiro atoms. The van der Waals surface area contributed by atoms with Crippen molar-refractivity contribution in [3.8, 4) is 5.75 Å². The minimum absolute atomic E-state index is 0.0203. The van der Waals surface area contributed by atoms with Crippen LogP contribution in [-0.2, 0) is 9.53 Å². The zero-order chi connectivity index (χ0) is 13.4. The van der Waals surface area contributed by atoms with E-state index in [9.17, 15) is 4.79 Å². The van der Waals surface area contributed by atoms with E-state index in [2.05, 4.69) is 5.32 Å². The number of carbonyl (C=O) groups excluding carboxylic acids is 1. The van der Waals surface area contributed by atoms with Gasteiger partial charge in [0.05, 0.1) is 12.6 Å². The van der Waals surface area contributed by atoms with Crippen molar-refractivity contribution in [1.82, 2.24) is 5.32 Å². The fraction of sp³-hybridized carbons (Fsp3) is 0.462. The molecular weight excluding hydrogens is 232 g/mol. The Labute approximate surface area is 107 Å². The molecule has 3 N–H and O–H groups in total. The summed E-state index contributed by atoms with van der Waals surface area (Å²) in [7, 11) is 1.61. The SMILES string of the molecule is CCC(COC)NC(=O)COc1cccc(N)c1. The van der Waals surface area contributed by atoms with Gasteiger partial charge in [-0.2, -0.15) is 0 Å². The van der Waals surface area contributed by atoms with Crippen molar-refractivity contribution >= 4 is 11.6 Å². The van der Waals surface area contributed by atoms with Gasteiger partial charge in [0.15, 0.2) is 6.61 Å². The molecule has 1 aromatic rings. The molecule has 0 saturated heterocycles. The van der Waals surface area contributed by atoms with Gasteiger partial charge in [-0.25, -0.2) is 0 Å². The number of nitrogens with one attached hydrogen (secondary N) is 1. The third-order valence-electron chi connectivity index (χ3n) is 2.45. The molecule has 0 saturated carbocycles. The summed E-state index contributed by atoms with van der Waals surface area (Å²) >= 11 is 0. The molecule has 5 heteroatoms. The lowest BCUT2D eigenvalue weighted by Crippen LogP contribution is -2.40. The monoisotopic (exact) mass is 252 g/mol. The van der Waals surface area contributed by atoms with Crippen LogP contribution in [-0.4, -0.2) is 32.3 Å². The summed E-state index contributed by atoms with van der Waals surface area (Å²) < 4.78 is 10.3. The molecule has 1 amide bonds. The highest BCUT2D eigenvalue weighted by atomic mass is 16.5. The molecule has 0 aliphatic rings. The normalized spacial score (nSPS) is 11.9. The van der Waals surface area contributed by atoms with Crippen LogP contribution in [0.15, 0.2) is 24.3 Å². The Morgan fingerprint density at radius 3 is 2.89 bits per heavy atom. The number of carbonyl (C=O) groups is 1. The van der Waals surface area contributed by atoms with Gasteiger partial charge < -0.3 is 20.5 Å². The number of hydrogen-bond acceptors (Lipinski definition) is 4. The van der Waals surface area contributed by atoms with E-state index in [1.54, 1.807) is 31.4 Å². The second-order valence-electron chi connectivity index (χ2n) is 3.99. The first-order valence-corrected chi connectivity index (χ1v) is 5.92. The summed E-state index contributed by atoms with van der Waals surface area (Å²) in [4.78, 5) is 11.6. The van der Waals surface area contributed by atoms with Gasteiger partial charge in [0.25, 0.3) is 5.91 Å². The molecule has 0 aliphatic carbocycles. The Morgan fingerprint density at radius 1 is 1.50 bits per heavy atom. The molecule has 1 unspecified atom stereocenters. The first-order chi connectivity index (χ1) is 8.65. The van der Waals surface area contributed by atoms with Gasteiger partial charge in [-0.3, -0.25) is 4.79 Å². The number of benzene rings is 1. The topological polar surface area (TPSA) is 73.6 Å². The van der Waals surface area contributed by atoms with E-state index in [4.69, 9.17) is 15.2 Å². The zero-order valence-electron chi connectivity index (χ0n) is 10.8. The van der Waals surface area contributed by atoms with E-state index < -0.39 is 0 Å². The molecule has 1 aromatic carbocycles. The summed E-state index contributed by atoms with van der Waals surface area (Å²) in [5, 5.41) is 2.83. The maximum atomic E-state index is 11.6. The third-order valence-corrected chi connectivity index (χ3v) is 2.45. The van der Waals surface area contributed by atoms with Crippen LogP contribution in [0.25, 0.3) is 0 Å². The van der Waals surface area contributed by atoms with E-state index in [1.165, 1.54) is 0 Å². The zero-order valence-corrected chi connectivity index (χ0v) is 10.8. The van der Waals surface area contributed by atoms with Gasteiger partial charge in [0.1, 0.15) is 5.75 Å². The van der Waals surface area contributed by atoms with Gasteiger partial charge in [0, 0.05) is 18.9 Å². The van der Waals surface area contributed by atoms with E-state index in [-0.39, 0.29) is 18.6 Å². The van der Waals surface area contributed by atoms with Gasteiger partial charge in [-0.05, 0) is 18.6 Å². The summed E-state index contributed by atoms with van der Waals surface area (Å²) in [6.07, 6.45) is 0.817. The highest BCUT2D eigenvalue weighted by Gasteiger charge is 2.10. The molecule has 0 fully saturated rings. The maximum absolute atomic E-state index is 11.6. The van der Waals surface area contributed by atoms with Crippen molar-refractivity contribution in [3.63, 3.8) is 0 Å². The van der Waals surface area contributed by atoms with E-state index in [0.717, 1.165) is 6.42 Å². The van der Waals surface area contributed by atoms with Crippen LogP contribution in [0.5, 0.6) is 5.75 Å². The summed E-state index contributed by atoms with van der Waals surface area (Å²) in [5.74, 6) is 0.422. The van der Waals surface area contributed by atoms with Crippen LogP contribution in [0.3, 0.4) is 0 Å². The van der Waals surface area contributed by atoms with Crippen molar-refractivity contribution < 1.29 is 14.3 Å². The lowest BCUT2D eigenvalue weighted by molar-refractivity contribution is -0.124. The predicted molar refractivity (Wildman–Crippen MR) is 70.4 cm³/mol. The number of hydrogen-bond donors (Lipinski definition) is 2. The van der Waals surface area contributed by atoms with Gasteiger partial charge in [-0.1, -0.05) is 13.0 Å². The molecule has 5 nitrogen and oxygen atoms in total. The predicted octanol–water partition coefficient (Wildman–Crippen LogP) is 1.19. The van der Waals surface area contributed by atoms with Crippen LogP contribution in [0.2, 0.25) is 0 Å². The highest BCUT2D eigenvalue weighted by Crippen LogP contribution is 2.13. The maximum Gasteiger partial charge on any atom is 0.258 e.